The molecule has 1 aromatic rings. The Morgan fingerprint density at radius 2 is 1.92 bits per heavy atom. The highest BCUT2D eigenvalue weighted by atomic mass is 16.5. The van der Waals surface area contributed by atoms with Crippen LogP contribution in [0.25, 0.3) is 0 Å². The normalized spacial score (nSPS) is 19.6. The standard InChI is InChI=1S/C20H29NO5/c1-3-4-11-26-18-12-14(9-10-17(18)25-2)13-21-19(22)15-7-5-6-8-16(15)20(23)24/h9-10,12,15-16H,3-8,11,13H2,1-2H3,(H,21,22)(H,23,24). The van der Waals surface area contributed by atoms with Gasteiger partial charge in [-0.05, 0) is 37.0 Å². The lowest BCUT2D eigenvalue weighted by molar-refractivity contribution is -0.148. The second kappa shape index (κ2) is 10.0. The molecule has 2 N–H and O–H groups in total. The Bertz CT molecular complexity index is 616. The molecule has 0 radical (unpaired) electrons. The fourth-order valence-electron chi connectivity index (χ4n) is 3.33. The van der Waals surface area contributed by atoms with E-state index in [1.165, 1.54) is 0 Å². The summed E-state index contributed by atoms with van der Waals surface area (Å²) in [6, 6.07) is 5.56. The number of hydrogen-bond donors (Lipinski definition) is 2. The van der Waals surface area contributed by atoms with Crippen LogP contribution in [0.1, 0.15) is 51.0 Å². The first-order valence-corrected chi connectivity index (χ1v) is 9.37. The number of hydrogen-bond acceptors (Lipinski definition) is 4. The molecule has 2 unspecified atom stereocenters. The molecule has 1 aliphatic carbocycles. The third-order valence-electron chi connectivity index (χ3n) is 4.87. The monoisotopic (exact) mass is 363 g/mol. The van der Waals surface area contributed by atoms with Crippen LogP contribution in [-0.2, 0) is 16.1 Å². The molecular weight excluding hydrogens is 334 g/mol. The summed E-state index contributed by atoms with van der Waals surface area (Å²) in [5.41, 5.74) is 0.897. The molecule has 1 saturated carbocycles. The molecule has 1 amide bonds. The predicted molar refractivity (Wildman–Crippen MR) is 98.3 cm³/mol. The van der Waals surface area contributed by atoms with Gasteiger partial charge in [0.2, 0.25) is 5.91 Å². The van der Waals surface area contributed by atoms with Crippen molar-refractivity contribution in [2.24, 2.45) is 11.8 Å². The number of benzene rings is 1. The number of carbonyl (C=O) groups is 2. The second-order valence-corrected chi connectivity index (χ2v) is 6.74. The third kappa shape index (κ3) is 5.38. The molecule has 0 aliphatic heterocycles. The van der Waals surface area contributed by atoms with Gasteiger partial charge >= 0.3 is 5.97 Å². The minimum absolute atomic E-state index is 0.179. The van der Waals surface area contributed by atoms with E-state index in [2.05, 4.69) is 12.2 Å². The van der Waals surface area contributed by atoms with Gasteiger partial charge in [0.25, 0.3) is 0 Å². The first-order valence-electron chi connectivity index (χ1n) is 9.37. The van der Waals surface area contributed by atoms with Crippen LogP contribution in [0.5, 0.6) is 11.5 Å². The van der Waals surface area contributed by atoms with Crippen molar-refractivity contribution in [3.05, 3.63) is 23.8 Å². The lowest BCUT2D eigenvalue weighted by Gasteiger charge is -2.27. The van der Waals surface area contributed by atoms with E-state index in [1.54, 1.807) is 7.11 Å². The molecule has 2 atom stereocenters. The topological polar surface area (TPSA) is 84.9 Å². The van der Waals surface area contributed by atoms with Crippen molar-refractivity contribution >= 4 is 11.9 Å². The van der Waals surface area contributed by atoms with E-state index in [4.69, 9.17) is 9.47 Å². The molecule has 0 saturated heterocycles. The van der Waals surface area contributed by atoms with Crippen LogP contribution in [0.2, 0.25) is 0 Å². The summed E-state index contributed by atoms with van der Waals surface area (Å²) < 4.78 is 11.1. The number of carboxylic acids is 1. The van der Waals surface area contributed by atoms with E-state index in [0.717, 1.165) is 31.2 Å². The van der Waals surface area contributed by atoms with E-state index in [0.29, 0.717) is 37.5 Å². The Hall–Kier alpha value is -2.24. The summed E-state index contributed by atoms with van der Waals surface area (Å²) in [5.74, 6) is -0.752. The number of carbonyl (C=O) groups excluding carboxylic acids is 1. The number of aliphatic carboxylic acids is 1. The van der Waals surface area contributed by atoms with Gasteiger partial charge in [-0.1, -0.05) is 32.3 Å². The molecule has 0 bridgehead atoms. The zero-order valence-corrected chi connectivity index (χ0v) is 15.6. The van der Waals surface area contributed by atoms with Crippen LogP contribution < -0.4 is 14.8 Å². The van der Waals surface area contributed by atoms with Crippen LogP contribution >= 0.6 is 0 Å². The van der Waals surface area contributed by atoms with Crippen LogP contribution in [0.4, 0.5) is 0 Å². The highest BCUT2D eigenvalue weighted by Crippen LogP contribution is 2.31. The summed E-state index contributed by atoms with van der Waals surface area (Å²) in [7, 11) is 1.60. The van der Waals surface area contributed by atoms with Gasteiger partial charge in [-0.25, -0.2) is 0 Å². The fraction of sp³-hybridized carbons (Fsp3) is 0.600. The lowest BCUT2D eigenvalue weighted by Crippen LogP contribution is -2.39. The number of carboxylic acid groups (broad SMARTS) is 1. The molecule has 144 valence electrons. The van der Waals surface area contributed by atoms with Crippen LogP contribution in [-0.4, -0.2) is 30.7 Å². The van der Waals surface area contributed by atoms with Crippen molar-refractivity contribution in [3.63, 3.8) is 0 Å². The first kappa shape index (κ1) is 20.1. The molecule has 1 fully saturated rings. The smallest absolute Gasteiger partial charge is 0.307 e. The van der Waals surface area contributed by atoms with Crippen molar-refractivity contribution in [1.29, 1.82) is 0 Å². The van der Waals surface area contributed by atoms with Crippen LogP contribution in [0.15, 0.2) is 18.2 Å². The molecule has 2 rings (SSSR count). The number of rotatable bonds is 9. The molecule has 0 heterocycles. The number of methoxy groups -OCH3 is 1. The maximum Gasteiger partial charge on any atom is 0.307 e. The first-order chi connectivity index (χ1) is 12.6. The van der Waals surface area contributed by atoms with Gasteiger partial charge in [-0.15, -0.1) is 0 Å². The highest BCUT2D eigenvalue weighted by Gasteiger charge is 2.35. The van der Waals surface area contributed by atoms with Crippen molar-refractivity contribution in [1.82, 2.24) is 5.32 Å². The molecule has 6 nitrogen and oxygen atoms in total. The molecule has 0 spiro atoms. The fourth-order valence-corrected chi connectivity index (χ4v) is 3.33. The zero-order valence-electron chi connectivity index (χ0n) is 15.6. The molecule has 6 heteroatoms. The van der Waals surface area contributed by atoms with Crippen molar-refractivity contribution in [2.75, 3.05) is 13.7 Å². The van der Waals surface area contributed by atoms with Crippen LogP contribution in [0.3, 0.4) is 0 Å². The average molecular weight is 363 g/mol. The van der Waals surface area contributed by atoms with E-state index in [-0.39, 0.29) is 5.91 Å². The Balaban J connectivity index is 1.98. The van der Waals surface area contributed by atoms with Gasteiger partial charge in [0.1, 0.15) is 0 Å². The van der Waals surface area contributed by atoms with Gasteiger partial charge < -0.3 is 19.9 Å². The van der Waals surface area contributed by atoms with Gasteiger partial charge in [-0.2, -0.15) is 0 Å². The average Bonchev–Trinajstić information content (AvgIpc) is 2.66. The number of ether oxygens (including phenoxy) is 2. The zero-order chi connectivity index (χ0) is 18.9. The predicted octanol–water partition coefficient (Wildman–Crippen LogP) is 3.38. The van der Waals surface area contributed by atoms with Gasteiger partial charge in [0.15, 0.2) is 11.5 Å². The third-order valence-corrected chi connectivity index (χ3v) is 4.87. The Morgan fingerprint density at radius 1 is 1.19 bits per heavy atom. The Labute approximate surface area is 154 Å². The van der Waals surface area contributed by atoms with E-state index >= 15 is 0 Å². The van der Waals surface area contributed by atoms with E-state index in [9.17, 15) is 14.7 Å². The van der Waals surface area contributed by atoms with Gasteiger partial charge in [0, 0.05) is 6.54 Å². The summed E-state index contributed by atoms with van der Waals surface area (Å²) in [6.45, 7) is 3.06. The summed E-state index contributed by atoms with van der Waals surface area (Å²) >= 11 is 0. The SMILES string of the molecule is CCCCOc1cc(CNC(=O)C2CCCCC2C(=O)O)ccc1OC. The highest BCUT2D eigenvalue weighted by molar-refractivity contribution is 5.84. The largest absolute Gasteiger partial charge is 0.493 e. The van der Waals surface area contributed by atoms with E-state index in [1.807, 2.05) is 18.2 Å². The molecular formula is C20H29NO5. The van der Waals surface area contributed by atoms with Crippen molar-refractivity contribution in [2.45, 2.75) is 52.0 Å². The van der Waals surface area contributed by atoms with Gasteiger partial charge in [0.05, 0.1) is 25.6 Å². The van der Waals surface area contributed by atoms with Gasteiger partial charge in [-0.3, -0.25) is 9.59 Å². The maximum absolute atomic E-state index is 12.5. The Kier molecular flexibility index (Phi) is 7.75. The number of amides is 1. The molecule has 26 heavy (non-hydrogen) atoms. The number of nitrogens with one attached hydrogen (secondary N) is 1. The summed E-state index contributed by atoms with van der Waals surface area (Å²) in [6.07, 6.45) is 4.99. The minimum Gasteiger partial charge on any atom is -0.493 e. The lowest BCUT2D eigenvalue weighted by atomic mass is 9.78. The minimum atomic E-state index is -0.874. The molecule has 0 aromatic heterocycles. The van der Waals surface area contributed by atoms with E-state index < -0.39 is 17.8 Å². The quantitative estimate of drug-likeness (QED) is 0.657. The second-order valence-electron chi connectivity index (χ2n) is 6.74. The van der Waals surface area contributed by atoms with Crippen molar-refractivity contribution in [3.8, 4) is 11.5 Å². The summed E-state index contributed by atoms with van der Waals surface area (Å²) in [4.78, 5) is 23.8. The number of unbranched alkanes of at least 4 members (excludes halogenated alkanes) is 1. The van der Waals surface area contributed by atoms with Crippen molar-refractivity contribution < 1.29 is 24.2 Å². The Morgan fingerprint density at radius 3 is 2.58 bits per heavy atom. The van der Waals surface area contributed by atoms with Crippen LogP contribution in [0, 0.1) is 11.8 Å². The molecule has 1 aromatic carbocycles. The maximum atomic E-state index is 12.5. The molecule has 1 aliphatic rings. The summed E-state index contributed by atoms with van der Waals surface area (Å²) in [5, 5.41) is 12.2.